The van der Waals surface area contributed by atoms with Crippen molar-refractivity contribution in [2.24, 2.45) is 0 Å². The highest BCUT2D eigenvalue weighted by molar-refractivity contribution is 5.96. The second kappa shape index (κ2) is 8.68. The Morgan fingerprint density at radius 3 is 2.43 bits per heavy atom. The van der Waals surface area contributed by atoms with Crippen LogP contribution in [0.5, 0.6) is 0 Å². The van der Waals surface area contributed by atoms with Gasteiger partial charge < -0.3 is 24.8 Å². The predicted octanol–water partition coefficient (Wildman–Crippen LogP) is 4.56. The molecule has 4 aromatic rings. The third-order valence-electron chi connectivity index (χ3n) is 7.59. The highest BCUT2D eigenvalue weighted by Gasteiger charge is 2.28. The Balaban J connectivity index is 1.43. The maximum Gasteiger partial charge on any atom is 0.410 e. The average molecular weight is 503 g/mol. The van der Waals surface area contributed by atoms with Crippen molar-refractivity contribution in [3.05, 3.63) is 46.8 Å². The van der Waals surface area contributed by atoms with Gasteiger partial charge in [0.1, 0.15) is 5.60 Å². The number of rotatable bonds is 2. The first-order valence-corrected chi connectivity index (χ1v) is 13.2. The van der Waals surface area contributed by atoms with Gasteiger partial charge in [-0.25, -0.2) is 4.79 Å². The van der Waals surface area contributed by atoms with E-state index in [9.17, 15) is 9.59 Å². The van der Waals surface area contributed by atoms with Gasteiger partial charge in [0.2, 0.25) is 5.78 Å². The molecular formula is C28H34N6O3. The second-order valence-electron chi connectivity index (χ2n) is 11.2. The van der Waals surface area contributed by atoms with E-state index in [0.717, 1.165) is 48.2 Å². The van der Waals surface area contributed by atoms with Crippen LogP contribution in [0.4, 0.5) is 16.2 Å². The van der Waals surface area contributed by atoms with Crippen LogP contribution in [0.2, 0.25) is 0 Å². The normalized spacial score (nSPS) is 17.4. The number of ether oxygens (including phenoxy) is 1. The summed E-state index contributed by atoms with van der Waals surface area (Å²) >= 11 is 0. The molecule has 37 heavy (non-hydrogen) atoms. The Bertz CT molecular complexity index is 1570. The lowest BCUT2D eigenvalue weighted by Crippen LogP contribution is -2.50. The summed E-state index contributed by atoms with van der Waals surface area (Å²) in [6.07, 6.45) is 4.24. The largest absolute Gasteiger partial charge is 0.444 e. The third-order valence-corrected chi connectivity index (χ3v) is 7.59. The summed E-state index contributed by atoms with van der Waals surface area (Å²) in [5.74, 6) is 0.678. The summed E-state index contributed by atoms with van der Waals surface area (Å²) in [5.41, 5.74) is 9.84. The topological polar surface area (TPSA) is 98.1 Å². The van der Waals surface area contributed by atoms with E-state index in [-0.39, 0.29) is 11.7 Å². The lowest BCUT2D eigenvalue weighted by molar-refractivity contribution is 0.0240. The van der Waals surface area contributed by atoms with Gasteiger partial charge in [-0.15, -0.1) is 0 Å². The van der Waals surface area contributed by atoms with Crippen molar-refractivity contribution in [3.8, 4) is 0 Å². The number of hydrogen-bond donors (Lipinski definition) is 1. The van der Waals surface area contributed by atoms with Crippen LogP contribution in [-0.2, 0) is 4.74 Å². The molecule has 9 heteroatoms. The fraction of sp³-hybridized carbons (Fsp3) is 0.464. The van der Waals surface area contributed by atoms with E-state index in [4.69, 9.17) is 10.5 Å². The van der Waals surface area contributed by atoms with Crippen molar-refractivity contribution in [1.29, 1.82) is 0 Å². The number of fused-ring (bicyclic) bond motifs is 5. The summed E-state index contributed by atoms with van der Waals surface area (Å²) in [4.78, 5) is 34.2. The van der Waals surface area contributed by atoms with Gasteiger partial charge in [-0.2, -0.15) is 4.98 Å². The number of nitrogens with zero attached hydrogens (tertiary/aromatic N) is 5. The van der Waals surface area contributed by atoms with Gasteiger partial charge in [0, 0.05) is 43.6 Å². The van der Waals surface area contributed by atoms with Gasteiger partial charge in [-0.05, 0) is 63.9 Å². The van der Waals surface area contributed by atoms with Crippen molar-refractivity contribution in [3.63, 3.8) is 0 Å². The molecule has 0 atom stereocenters. The van der Waals surface area contributed by atoms with Crippen molar-refractivity contribution in [2.45, 2.75) is 58.1 Å². The molecule has 2 aliphatic rings. The van der Waals surface area contributed by atoms with Crippen LogP contribution in [0.3, 0.4) is 0 Å². The molecule has 1 saturated heterocycles. The van der Waals surface area contributed by atoms with Gasteiger partial charge >= 0.3 is 6.09 Å². The summed E-state index contributed by atoms with van der Waals surface area (Å²) in [5, 5.41) is 0.466. The third kappa shape index (κ3) is 4.06. The number of nitrogens with two attached hydrogens (primary N) is 1. The van der Waals surface area contributed by atoms with Crippen LogP contribution in [0, 0.1) is 0 Å². The van der Waals surface area contributed by atoms with Gasteiger partial charge in [0.25, 0.3) is 5.56 Å². The number of anilines is 2. The van der Waals surface area contributed by atoms with Crippen LogP contribution in [-0.4, -0.2) is 56.7 Å². The first kappa shape index (κ1) is 23.6. The van der Waals surface area contributed by atoms with Crippen molar-refractivity contribution in [1.82, 2.24) is 18.9 Å². The minimum atomic E-state index is -0.503. The maximum absolute atomic E-state index is 13.1. The predicted molar refractivity (Wildman–Crippen MR) is 146 cm³/mol. The number of hydrogen-bond acceptors (Lipinski definition) is 6. The Morgan fingerprint density at radius 1 is 1.00 bits per heavy atom. The standard InChI is InChI=1S/C28H34N6O3/c1-28(2,3)37-27(36)32-15-13-31(14-16-32)19-11-12-21-23(17-19)33(18-7-4-5-8-18)26-30-25(35)24-20(29)9-6-10-22(24)34(21)26/h6,9-12,17-18H,4-5,7-8,13-16,29H2,1-3H3. The molecule has 0 bridgehead atoms. The Morgan fingerprint density at radius 2 is 1.73 bits per heavy atom. The molecule has 1 aliphatic carbocycles. The van der Waals surface area contributed by atoms with E-state index in [1.54, 1.807) is 11.0 Å². The lowest BCUT2D eigenvalue weighted by atomic mass is 10.2. The molecule has 194 valence electrons. The molecule has 1 aliphatic heterocycles. The molecule has 6 rings (SSSR count). The number of piperazine rings is 1. The van der Waals surface area contributed by atoms with Gasteiger partial charge in [0.05, 0.1) is 21.9 Å². The molecule has 2 aromatic heterocycles. The molecule has 0 unspecified atom stereocenters. The highest BCUT2D eigenvalue weighted by atomic mass is 16.6. The SMILES string of the molecule is CC(C)(C)OC(=O)N1CCN(c2ccc3c(c2)n(C2CCCC2)c2nc(=O)c4c(N)cccc4n32)CC1. The second-order valence-corrected chi connectivity index (χ2v) is 11.2. The summed E-state index contributed by atoms with van der Waals surface area (Å²) in [6.45, 7) is 8.34. The number of carbonyl (C=O) groups is 1. The van der Waals surface area contributed by atoms with Crippen molar-refractivity contribution < 1.29 is 9.53 Å². The molecule has 3 heterocycles. The van der Waals surface area contributed by atoms with E-state index in [0.29, 0.717) is 36.0 Å². The van der Waals surface area contributed by atoms with E-state index in [1.165, 1.54) is 12.8 Å². The molecular weight excluding hydrogens is 468 g/mol. The van der Waals surface area contributed by atoms with Gasteiger partial charge in [-0.3, -0.25) is 9.20 Å². The highest BCUT2D eigenvalue weighted by Crippen LogP contribution is 2.37. The summed E-state index contributed by atoms with van der Waals surface area (Å²) in [7, 11) is 0. The minimum absolute atomic E-state index is 0.258. The van der Waals surface area contributed by atoms with Crippen LogP contribution in [0.1, 0.15) is 52.5 Å². The minimum Gasteiger partial charge on any atom is -0.444 e. The number of benzene rings is 2. The number of nitrogen functional groups attached to an aromatic ring is 1. The van der Waals surface area contributed by atoms with Crippen LogP contribution in [0.15, 0.2) is 41.2 Å². The first-order chi connectivity index (χ1) is 17.7. The van der Waals surface area contributed by atoms with E-state index in [2.05, 4.69) is 37.1 Å². The molecule has 9 nitrogen and oxygen atoms in total. The number of aromatic nitrogens is 3. The van der Waals surface area contributed by atoms with Crippen LogP contribution in [0.25, 0.3) is 27.7 Å². The zero-order valence-corrected chi connectivity index (χ0v) is 21.7. The van der Waals surface area contributed by atoms with Gasteiger partial charge in [-0.1, -0.05) is 18.9 Å². The number of amides is 1. The fourth-order valence-electron chi connectivity index (χ4n) is 5.87. The quantitative estimate of drug-likeness (QED) is 0.404. The lowest BCUT2D eigenvalue weighted by Gasteiger charge is -2.36. The number of imidazole rings is 1. The Kier molecular flexibility index (Phi) is 5.54. The summed E-state index contributed by atoms with van der Waals surface area (Å²) < 4.78 is 9.92. The zero-order chi connectivity index (χ0) is 25.9. The molecule has 0 spiro atoms. The Labute approximate surface area is 215 Å². The van der Waals surface area contributed by atoms with Crippen LogP contribution < -0.4 is 16.2 Å². The molecule has 1 amide bonds. The van der Waals surface area contributed by atoms with Gasteiger partial charge in [0.15, 0.2) is 0 Å². The van der Waals surface area contributed by atoms with E-state index < -0.39 is 5.60 Å². The smallest absolute Gasteiger partial charge is 0.410 e. The average Bonchev–Trinajstić information content (AvgIpc) is 3.48. The number of carbonyl (C=O) groups excluding carboxylic acids is 1. The fourth-order valence-corrected chi connectivity index (χ4v) is 5.87. The maximum atomic E-state index is 13.1. The zero-order valence-electron chi connectivity index (χ0n) is 21.7. The molecule has 1 saturated carbocycles. The van der Waals surface area contributed by atoms with Crippen molar-refractivity contribution >= 4 is 45.2 Å². The molecule has 2 N–H and O–H groups in total. The summed E-state index contributed by atoms with van der Waals surface area (Å²) in [6, 6.07) is 12.4. The first-order valence-electron chi connectivity index (χ1n) is 13.2. The van der Waals surface area contributed by atoms with Crippen LogP contribution >= 0.6 is 0 Å². The van der Waals surface area contributed by atoms with Crippen molar-refractivity contribution in [2.75, 3.05) is 36.8 Å². The molecule has 0 radical (unpaired) electrons. The Hall–Kier alpha value is -3.75. The monoisotopic (exact) mass is 502 g/mol. The molecule has 2 fully saturated rings. The van der Waals surface area contributed by atoms with E-state index >= 15 is 0 Å². The van der Waals surface area contributed by atoms with E-state index in [1.807, 2.05) is 32.9 Å². The molecule has 2 aromatic carbocycles.